The molecule has 0 bridgehead atoms. The molecule has 5 aromatic rings. The van der Waals surface area contributed by atoms with E-state index < -0.39 is 102 Å². The van der Waals surface area contributed by atoms with Gasteiger partial charge in [0.05, 0.1) is 6.04 Å². The standard InChI is InChI=1S/C66H98N24O10/c67-27-9-8-21-46(83-56(93)47(23-11-29-77-63(68)69)85-61(98)53(35-40-37-82-44-20-7-5-18-42(40)44)90-59(96)51(33-38-15-2-1-3-16-38)88-54(91)45-22-10-28-76-45)55(92)84-49(25-13-31-79-65(72)73)58(95)89-52(34-39-36-81-43-19-6-4-17-41(39)43)60(97)86-48(24-12-30-78-64(70)71)57(94)87-50(62(99)100)26-14-32-80-66(74)75/h1-7,15-20,36-37,45-53,76,81-82H,8-14,21-35,67H2,(H,83,93)(H,84,92)(H,85,98)(H,86,97)(H,87,94)(H,88,91)(H,89,95)(H,90,96)(H,99,100)(H4,68,69,77)(H4,70,71,78)(H4,72,73,79)(H4,74,75,80)/t45-,46-,47-,48-,49-,50-,51-,52-,53-/m0/s1. The third kappa shape index (κ3) is 26.1. The summed E-state index contributed by atoms with van der Waals surface area (Å²) in [6, 6.07) is 11.9. The summed E-state index contributed by atoms with van der Waals surface area (Å²) in [5, 5.41) is 36.9. The van der Waals surface area contributed by atoms with Crippen LogP contribution in [0.3, 0.4) is 0 Å². The number of carboxylic acids is 1. The number of aromatic amines is 2. The molecule has 9 atom stereocenters. The fourth-order valence-corrected chi connectivity index (χ4v) is 11.4. The highest BCUT2D eigenvalue weighted by molar-refractivity contribution is 5.99. The lowest BCUT2D eigenvalue weighted by atomic mass is 10.0. The molecule has 8 amide bonds. The van der Waals surface area contributed by atoms with Crippen molar-refractivity contribution in [1.29, 1.82) is 0 Å². The van der Waals surface area contributed by atoms with E-state index in [1.807, 2.05) is 42.5 Å². The molecule has 34 heteroatoms. The molecule has 0 unspecified atom stereocenters. The van der Waals surface area contributed by atoms with E-state index in [1.54, 1.807) is 48.8 Å². The molecule has 3 heterocycles. The van der Waals surface area contributed by atoms with Crippen molar-refractivity contribution >= 4 is 98.9 Å². The van der Waals surface area contributed by atoms with Crippen LogP contribution in [0.5, 0.6) is 0 Å². The van der Waals surface area contributed by atoms with Crippen LogP contribution in [0.2, 0.25) is 0 Å². The lowest BCUT2D eigenvalue weighted by Crippen LogP contribution is -2.61. The minimum Gasteiger partial charge on any atom is -0.480 e. The molecule has 30 N–H and O–H groups in total. The van der Waals surface area contributed by atoms with Crippen LogP contribution >= 0.6 is 0 Å². The first-order chi connectivity index (χ1) is 48.0. The number of carboxylic acid groups (broad SMARTS) is 1. The van der Waals surface area contributed by atoms with Crippen LogP contribution in [-0.4, -0.2) is 186 Å². The van der Waals surface area contributed by atoms with E-state index in [-0.39, 0.29) is 146 Å². The van der Waals surface area contributed by atoms with Crippen LogP contribution < -0.4 is 99.5 Å². The smallest absolute Gasteiger partial charge is 0.326 e. The van der Waals surface area contributed by atoms with Gasteiger partial charge in [-0.3, -0.25) is 58.3 Å². The average Bonchev–Trinajstić information content (AvgIpc) is 1.63. The molecular weight excluding hydrogens is 1290 g/mol. The Labute approximate surface area is 578 Å². The van der Waals surface area contributed by atoms with Crippen molar-refractivity contribution in [3.05, 3.63) is 108 Å². The van der Waals surface area contributed by atoms with E-state index in [0.29, 0.717) is 41.4 Å². The van der Waals surface area contributed by atoms with Gasteiger partial charge in [-0.25, -0.2) is 4.79 Å². The van der Waals surface area contributed by atoms with Gasteiger partial charge in [-0.15, -0.1) is 0 Å². The largest absolute Gasteiger partial charge is 0.480 e. The van der Waals surface area contributed by atoms with E-state index in [9.17, 15) is 29.1 Å². The van der Waals surface area contributed by atoms with Crippen LogP contribution in [0.25, 0.3) is 21.8 Å². The number of nitrogens with one attached hydrogen (secondary N) is 11. The first-order valence-corrected chi connectivity index (χ1v) is 33.4. The number of amides is 8. The Hall–Kier alpha value is -11.0. The predicted octanol–water partition coefficient (Wildman–Crippen LogP) is -3.26. The fraction of sp³-hybridized carbons (Fsp3) is 0.470. The number of carbonyl (C=O) groups is 9. The highest BCUT2D eigenvalue weighted by Gasteiger charge is 2.36. The van der Waals surface area contributed by atoms with Crippen LogP contribution in [0.1, 0.15) is 100 Å². The number of fused-ring (bicyclic) bond motifs is 2. The molecule has 0 aliphatic carbocycles. The maximum atomic E-state index is 15.1. The number of guanidine groups is 4. The molecule has 0 spiro atoms. The van der Waals surface area contributed by atoms with Gasteiger partial charge in [0.25, 0.3) is 0 Å². The Bertz CT molecular complexity index is 3650. The Morgan fingerprint density at radius 1 is 0.420 bits per heavy atom. The summed E-state index contributed by atoms with van der Waals surface area (Å²) in [6.07, 6.45) is 5.18. The average molecular weight is 1390 g/mol. The Morgan fingerprint density at radius 3 is 1.13 bits per heavy atom. The molecule has 1 saturated heterocycles. The van der Waals surface area contributed by atoms with Crippen molar-refractivity contribution in [3.63, 3.8) is 0 Å². The van der Waals surface area contributed by atoms with Crippen molar-refractivity contribution in [2.45, 2.75) is 157 Å². The second-order valence-corrected chi connectivity index (χ2v) is 24.4. The van der Waals surface area contributed by atoms with Crippen molar-refractivity contribution in [3.8, 4) is 0 Å². The van der Waals surface area contributed by atoms with Gasteiger partial charge in [0.1, 0.15) is 48.3 Å². The van der Waals surface area contributed by atoms with E-state index >= 15 is 19.2 Å². The predicted molar refractivity (Wildman–Crippen MR) is 381 cm³/mol. The summed E-state index contributed by atoms with van der Waals surface area (Å²) in [5.74, 6) is -8.51. The number of benzene rings is 3. The van der Waals surface area contributed by atoms with Gasteiger partial charge in [-0.2, -0.15) is 0 Å². The molecule has 542 valence electrons. The topological polar surface area (TPSA) is 597 Å². The van der Waals surface area contributed by atoms with Gasteiger partial charge in [-0.05, 0) is 125 Å². The molecule has 1 aliphatic rings. The van der Waals surface area contributed by atoms with E-state index in [1.165, 1.54) is 0 Å². The summed E-state index contributed by atoms with van der Waals surface area (Å²) >= 11 is 0. The number of aromatic nitrogens is 2. The van der Waals surface area contributed by atoms with Gasteiger partial charge >= 0.3 is 5.97 Å². The number of unbranched alkanes of at least 4 members (excludes halogenated alkanes) is 1. The molecule has 1 aliphatic heterocycles. The number of H-pyrrole nitrogens is 2. The summed E-state index contributed by atoms with van der Waals surface area (Å²) in [5.41, 5.74) is 54.1. The monoisotopic (exact) mass is 1390 g/mol. The minimum atomic E-state index is -1.50. The van der Waals surface area contributed by atoms with Crippen molar-refractivity contribution in [2.24, 2.45) is 71.6 Å². The highest BCUT2D eigenvalue weighted by atomic mass is 16.4. The van der Waals surface area contributed by atoms with Crippen molar-refractivity contribution < 1.29 is 48.3 Å². The second kappa shape index (κ2) is 40.6. The number of carbonyl (C=O) groups excluding carboxylic acids is 8. The zero-order chi connectivity index (χ0) is 72.5. The zero-order valence-corrected chi connectivity index (χ0v) is 56.0. The Kier molecular flexibility index (Phi) is 31.7. The molecule has 34 nitrogen and oxygen atoms in total. The summed E-state index contributed by atoms with van der Waals surface area (Å²) in [6.45, 7) is 0.928. The number of rotatable bonds is 43. The van der Waals surface area contributed by atoms with E-state index in [0.717, 1.165) is 22.9 Å². The molecule has 1 fully saturated rings. The molecule has 2 aromatic heterocycles. The lowest BCUT2D eigenvalue weighted by molar-refractivity contribution is -0.142. The zero-order valence-electron chi connectivity index (χ0n) is 56.0. The summed E-state index contributed by atoms with van der Waals surface area (Å²) < 4.78 is 0. The molecule has 100 heavy (non-hydrogen) atoms. The number of hydrogen-bond acceptors (Lipinski definition) is 15. The number of para-hydroxylation sites is 2. The second-order valence-electron chi connectivity index (χ2n) is 24.4. The summed E-state index contributed by atoms with van der Waals surface area (Å²) in [4.78, 5) is 152. The number of aliphatic carboxylic acids is 1. The maximum absolute atomic E-state index is 15.1. The van der Waals surface area contributed by atoms with Gasteiger partial charge in [-0.1, -0.05) is 66.7 Å². The van der Waals surface area contributed by atoms with E-state index in [4.69, 9.17) is 51.6 Å². The van der Waals surface area contributed by atoms with Crippen LogP contribution in [-0.2, 0) is 62.4 Å². The Balaban J connectivity index is 1.31. The number of aliphatic imine (C=N–C) groups is 4. The third-order valence-electron chi connectivity index (χ3n) is 16.6. The van der Waals surface area contributed by atoms with Crippen molar-refractivity contribution in [1.82, 2.24) is 57.8 Å². The quantitative estimate of drug-likeness (QED) is 0.0103. The fourth-order valence-electron chi connectivity index (χ4n) is 11.4. The van der Waals surface area contributed by atoms with Crippen molar-refractivity contribution in [2.75, 3.05) is 39.3 Å². The van der Waals surface area contributed by atoms with Gasteiger partial charge in [0, 0.05) is 79.6 Å². The van der Waals surface area contributed by atoms with Gasteiger partial charge in [0.2, 0.25) is 47.3 Å². The van der Waals surface area contributed by atoms with Gasteiger partial charge < -0.3 is 115 Å². The Morgan fingerprint density at radius 2 is 0.760 bits per heavy atom. The minimum absolute atomic E-state index is 0.0105. The first-order valence-electron chi connectivity index (χ1n) is 33.4. The normalized spacial score (nSPS) is 14.9. The molecule has 0 saturated carbocycles. The van der Waals surface area contributed by atoms with E-state index in [2.05, 4.69) is 77.8 Å². The lowest BCUT2D eigenvalue weighted by Gasteiger charge is -2.28. The molecular formula is C66H98N24O10. The highest BCUT2D eigenvalue weighted by Crippen LogP contribution is 2.22. The maximum Gasteiger partial charge on any atom is 0.326 e. The van der Waals surface area contributed by atoms with Crippen LogP contribution in [0.4, 0.5) is 0 Å². The van der Waals surface area contributed by atoms with Gasteiger partial charge in [0.15, 0.2) is 23.8 Å². The summed E-state index contributed by atoms with van der Waals surface area (Å²) in [7, 11) is 0. The first kappa shape index (κ1) is 78.0. The molecule has 3 aromatic carbocycles. The number of nitrogens with zero attached hydrogens (tertiary/aromatic N) is 4. The van der Waals surface area contributed by atoms with Crippen LogP contribution in [0, 0.1) is 0 Å². The van der Waals surface area contributed by atoms with Crippen LogP contribution in [0.15, 0.2) is 111 Å². The number of hydrogen-bond donors (Lipinski definition) is 21. The molecule has 6 rings (SSSR count). The number of nitrogens with two attached hydrogens (primary N) is 9. The molecule has 0 radical (unpaired) electrons. The third-order valence-corrected chi connectivity index (χ3v) is 16.6. The SMILES string of the molecule is NCCCC[C@H](NC(=O)[C@H](CCCN=C(N)N)NC(=O)[C@H](Cc1c[nH]c2ccccc12)NC(=O)[C@H](Cc1ccccc1)NC(=O)[C@@H]1CCCN1)C(=O)N[C@@H](CCCN=C(N)N)C(=O)N[C@@H](Cc1c[nH]c2ccccc12)C(=O)N[C@@H](CCCN=C(N)N)C(=O)N[C@@H](CCCN=C(N)N)C(=O)O.